The Kier molecular flexibility index (Phi) is 4.76. The molecule has 0 saturated heterocycles. The fourth-order valence-electron chi connectivity index (χ4n) is 2.37. The van der Waals surface area contributed by atoms with Crippen LogP contribution in [0.1, 0.15) is 5.56 Å². The molecular weight excluding hydrogens is 336 g/mol. The van der Waals surface area contributed by atoms with E-state index in [1.165, 1.54) is 0 Å². The number of para-hydroxylation sites is 2. The van der Waals surface area contributed by atoms with Gasteiger partial charge in [0.15, 0.2) is 11.5 Å². The van der Waals surface area contributed by atoms with Crippen molar-refractivity contribution in [3.05, 3.63) is 78.4 Å². The molecule has 3 aromatic rings. The predicted molar refractivity (Wildman–Crippen MR) is 96.1 cm³/mol. The summed E-state index contributed by atoms with van der Waals surface area (Å²) in [7, 11) is -1.97. The van der Waals surface area contributed by atoms with Gasteiger partial charge in [-0.15, -0.1) is 0 Å². The van der Waals surface area contributed by atoms with E-state index in [1.807, 2.05) is 19.1 Å². The third-order valence-corrected chi connectivity index (χ3v) is 5.55. The maximum absolute atomic E-state index is 12.7. The summed E-state index contributed by atoms with van der Waals surface area (Å²) in [6.45, 7) is 1.92. The van der Waals surface area contributed by atoms with Gasteiger partial charge in [0.25, 0.3) is 0 Å². The zero-order valence-corrected chi connectivity index (χ0v) is 14.8. The highest BCUT2D eigenvalue weighted by Crippen LogP contribution is 2.31. The summed E-state index contributed by atoms with van der Waals surface area (Å²) < 4.78 is 36.3. The van der Waals surface area contributed by atoms with Crippen LogP contribution in [0.15, 0.2) is 82.6 Å². The molecule has 0 N–H and O–H groups in total. The van der Waals surface area contributed by atoms with Crippen LogP contribution in [0.5, 0.6) is 17.2 Å². The Hall–Kier alpha value is -2.79. The molecule has 0 unspecified atom stereocenters. The molecule has 25 heavy (non-hydrogen) atoms. The van der Waals surface area contributed by atoms with E-state index in [0.717, 1.165) is 5.56 Å². The third kappa shape index (κ3) is 3.67. The monoisotopic (exact) mass is 354 g/mol. The zero-order valence-electron chi connectivity index (χ0n) is 14.0. The first-order chi connectivity index (χ1) is 12.0. The molecule has 0 aliphatic carbocycles. The first-order valence-electron chi connectivity index (χ1n) is 7.73. The van der Waals surface area contributed by atoms with Crippen molar-refractivity contribution in [3.63, 3.8) is 0 Å². The molecule has 0 heterocycles. The highest BCUT2D eigenvalue weighted by atomic mass is 32.2. The molecule has 0 spiro atoms. The zero-order chi connectivity index (χ0) is 17.9. The van der Waals surface area contributed by atoms with Crippen molar-refractivity contribution in [1.29, 1.82) is 0 Å². The number of ether oxygens (including phenoxy) is 2. The SMILES string of the molecule is COc1ccccc1Oc1ccc(S(=O)(=O)c2ccc(C)cc2)cc1. The first-order valence-corrected chi connectivity index (χ1v) is 9.22. The quantitative estimate of drug-likeness (QED) is 0.670. The number of aryl methyl sites for hydroxylation is 1. The van der Waals surface area contributed by atoms with E-state index >= 15 is 0 Å². The van der Waals surface area contributed by atoms with Crippen molar-refractivity contribution in [2.75, 3.05) is 7.11 Å². The Balaban J connectivity index is 1.86. The molecule has 0 aromatic heterocycles. The van der Waals surface area contributed by atoms with E-state index in [9.17, 15) is 8.42 Å². The van der Waals surface area contributed by atoms with Crippen LogP contribution in [0.4, 0.5) is 0 Å². The van der Waals surface area contributed by atoms with Crippen LogP contribution in [0.3, 0.4) is 0 Å². The van der Waals surface area contributed by atoms with Crippen LogP contribution in [-0.4, -0.2) is 15.5 Å². The molecular formula is C20H18O4S. The second-order valence-corrected chi connectivity index (χ2v) is 7.49. The van der Waals surface area contributed by atoms with Crippen molar-refractivity contribution in [3.8, 4) is 17.2 Å². The van der Waals surface area contributed by atoms with E-state index in [0.29, 0.717) is 17.2 Å². The smallest absolute Gasteiger partial charge is 0.206 e. The number of methoxy groups -OCH3 is 1. The largest absolute Gasteiger partial charge is 0.493 e. The van der Waals surface area contributed by atoms with E-state index in [-0.39, 0.29) is 9.79 Å². The molecule has 5 heteroatoms. The average Bonchev–Trinajstić information content (AvgIpc) is 2.63. The molecule has 0 atom stereocenters. The fourth-order valence-corrected chi connectivity index (χ4v) is 3.63. The summed E-state index contributed by atoms with van der Waals surface area (Å²) in [5.74, 6) is 1.71. The minimum atomic E-state index is -3.54. The van der Waals surface area contributed by atoms with Crippen LogP contribution < -0.4 is 9.47 Å². The second kappa shape index (κ2) is 6.99. The summed E-state index contributed by atoms with van der Waals surface area (Å²) in [6, 6.07) is 20.4. The van der Waals surface area contributed by atoms with Gasteiger partial charge in [0.2, 0.25) is 9.84 Å². The highest BCUT2D eigenvalue weighted by molar-refractivity contribution is 7.91. The molecule has 0 aliphatic heterocycles. The molecule has 0 amide bonds. The normalized spacial score (nSPS) is 11.1. The van der Waals surface area contributed by atoms with Crippen molar-refractivity contribution in [1.82, 2.24) is 0 Å². The molecule has 0 fully saturated rings. The van der Waals surface area contributed by atoms with Crippen LogP contribution in [0.2, 0.25) is 0 Å². The standard InChI is InChI=1S/C20H18O4S/c1-15-7-11-17(12-8-15)25(21,22)18-13-9-16(10-14-18)24-20-6-4-3-5-19(20)23-2/h3-14H,1-2H3. The van der Waals surface area contributed by atoms with Crippen LogP contribution >= 0.6 is 0 Å². The van der Waals surface area contributed by atoms with Gasteiger partial charge in [-0.2, -0.15) is 0 Å². The van der Waals surface area contributed by atoms with Gasteiger partial charge in [-0.05, 0) is 55.5 Å². The third-order valence-electron chi connectivity index (χ3n) is 3.76. The van der Waals surface area contributed by atoms with Gasteiger partial charge in [0.05, 0.1) is 16.9 Å². The Bertz CT molecular complexity index is 959. The van der Waals surface area contributed by atoms with Gasteiger partial charge < -0.3 is 9.47 Å². The van der Waals surface area contributed by atoms with Crippen LogP contribution in [-0.2, 0) is 9.84 Å². The highest BCUT2D eigenvalue weighted by Gasteiger charge is 2.17. The summed E-state index contributed by atoms with van der Waals surface area (Å²) in [5, 5.41) is 0. The maximum Gasteiger partial charge on any atom is 0.206 e. The minimum absolute atomic E-state index is 0.226. The lowest BCUT2D eigenvalue weighted by Gasteiger charge is -2.10. The first kappa shape index (κ1) is 17.0. The number of hydrogen-bond acceptors (Lipinski definition) is 4. The number of sulfone groups is 1. The summed E-state index contributed by atoms with van der Waals surface area (Å²) >= 11 is 0. The molecule has 0 radical (unpaired) electrons. The molecule has 3 aromatic carbocycles. The average molecular weight is 354 g/mol. The van der Waals surface area contributed by atoms with Crippen molar-refractivity contribution >= 4 is 9.84 Å². The van der Waals surface area contributed by atoms with Gasteiger partial charge in [0.1, 0.15) is 5.75 Å². The molecule has 3 rings (SSSR count). The topological polar surface area (TPSA) is 52.6 Å². The molecule has 4 nitrogen and oxygen atoms in total. The number of rotatable bonds is 5. The molecule has 0 aliphatic rings. The predicted octanol–water partition coefficient (Wildman–Crippen LogP) is 4.63. The van der Waals surface area contributed by atoms with Gasteiger partial charge in [-0.1, -0.05) is 29.8 Å². The Morgan fingerprint density at radius 1 is 0.720 bits per heavy atom. The number of hydrogen-bond donors (Lipinski definition) is 0. The van der Waals surface area contributed by atoms with E-state index < -0.39 is 9.84 Å². The lowest BCUT2D eigenvalue weighted by atomic mass is 10.2. The summed E-state index contributed by atoms with van der Waals surface area (Å²) in [4.78, 5) is 0.500. The maximum atomic E-state index is 12.7. The Morgan fingerprint density at radius 2 is 1.24 bits per heavy atom. The minimum Gasteiger partial charge on any atom is -0.493 e. The van der Waals surface area contributed by atoms with E-state index in [4.69, 9.17) is 9.47 Å². The second-order valence-electron chi connectivity index (χ2n) is 5.54. The lowest BCUT2D eigenvalue weighted by Crippen LogP contribution is -2.01. The molecule has 0 bridgehead atoms. The van der Waals surface area contributed by atoms with E-state index in [2.05, 4.69) is 0 Å². The van der Waals surface area contributed by atoms with Crippen molar-refractivity contribution in [2.45, 2.75) is 16.7 Å². The summed E-state index contributed by atoms with van der Waals surface area (Å²) in [6.07, 6.45) is 0. The van der Waals surface area contributed by atoms with Crippen molar-refractivity contribution in [2.24, 2.45) is 0 Å². The van der Waals surface area contributed by atoms with Gasteiger partial charge in [-0.3, -0.25) is 0 Å². The van der Waals surface area contributed by atoms with Gasteiger partial charge >= 0.3 is 0 Å². The van der Waals surface area contributed by atoms with Crippen LogP contribution in [0.25, 0.3) is 0 Å². The molecule has 0 saturated carbocycles. The Morgan fingerprint density at radius 3 is 1.80 bits per heavy atom. The van der Waals surface area contributed by atoms with E-state index in [1.54, 1.807) is 67.8 Å². The van der Waals surface area contributed by atoms with Gasteiger partial charge in [-0.25, -0.2) is 8.42 Å². The van der Waals surface area contributed by atoms with Crippen LogP contribution in [0, 0.1) is 6.92 Å². The van der Waals surface area contributed by atoms with Crippen molar-refractivity contribution < 1.29 is 17.9 Å². The fraction of sp³-hybridized carbons (Fsp3) is 0.100. The van der Waals surface area contributed by atoms with Gasteiger partial charge in [0, 0.05) is 0 Å². The number of benzene rings is 3. The lowest BCUT2D eigenvalue weighted by molar-refractivity contribution is 0.379. The molecule has 128 valence electrons. The summed E-state index contributed by atoms with van der Waals surface area (Å²) in [5.41, 5.74) is 1.01. The Labute approximate surface area is 147 Å².